The molecule has 2 saturated heterocycles. The first-order chi connectivity index (χ1) is 13.6. The number of hydrogen-bond donors (Lipinski definition) is 0. The molecule has 7 nitrogen and oxygen atoms in total. The van der Waals surface area contributed by atoms with Gasteiger partial charge in [0.1, 0.15) is 11.9 Å². The van der Waals surface area contributed by atoms with Crippen molar-refractivity contribution in [1.29, 1.82) is 0 Å². The van der Waals surface area contributed by atoms with Crippen LogP contribution in [0.2, 0.25) is 0 Å². The maximum Gasteiger partial charge on any atom is 0.232 e. The molecule has 0 radical (unpaired) electrons. The van der Waals surface area contributed by atoms with Gasteiger partial charge in [0, 0.05) is 57.0 Å². The van der Waals surface area contributed by atoms with Crippen LogP contribution in [-0.4, -0.2) is 52.4 Å². The van der Waals surface area contributed by atoms with Crippen molar-refractivity contribution < 1.29 is 18.7 Å². The first-order valence-electron chi connectivity index (χ1n) is 9.37. The molecule has 1 aromatic heterocycles. The second kappa shape index (κ2) is 7.92. The predicted octanol–water partition coefficient (Wildman–Crippen LogP) is 2.04. The summed E-state index contributed by atoms with van der Waals surface area (Å²) >= 11 is 0. The predicted molar refractivity (Wildman–Crippen MR) is 99.1 cm³/mol. The minimum Gasteiger partial charge on any atom is -0.473 e. The molecule has 0 bridgehead atoms. The fourth-order valence-electron chi connectivity index (χ4n) is 3.71. The lowest BCUT2D eigenvalue weighted by atomic mass is 10.0. The quantitative estimate of drug-likeness (QED) is 0.806. The lowest BCUT2D eigenvalue weighted by Gasteiger charge is -2.33. The number of carbonyl (C=O) groups excluding carboxylic acids is 2. The summed E-state index contributed by atoms with van der Waals surface area (Å²) in [6.07, 6.45) is 6.36. The van der Waals surface area contributed by atoms with E-state index in [2.05, 4.69) is 9.97 Å². The van der Waals surface area contributed by atoms with Gasteiger partial charge in [0.2, 0.25) is 17.7 Å². The number of aromatic nitrogens is 2. The number of amides is 2. The number of benzene rings is 1. The van der Waals surface area contributed by atoms with Gasteiger partial charge in [-0.05, 0) is 24.3 Å². The van der Waals surface area contributed by atoms with Crippen molar-refractivity contribution in [3.8, 4) is 5.88 Å². The van der Waals surface area contributed by atoms with Gasteiger partial charge in [0.25, 0.3) is 0 Å². The van der Waals surface area contributed by atoms with Crippen molar-refractivity contribution in [2.45, 2.75) is 25.4 Å². The van der Waals surface area contributed by atoms with Crippen LogP contribution in [0.3, 0.4) is 0 Å². The van der Waals surface area contributed by atoms with Crippen molar-refractivity contribution in [2.75, 3.05) is 24.5 Å². The van der Waals surface area contributed by atoms with E-state index in [9.17, 15) is 14.0 Å². The summed E-state index contributed by atoms with van der Waals surface area (Å²) in [5.41, 5.74) is 0.623. The normalized spacial score (nSPS) is 20.5. The molecule has 0 spiro atoms. The minimum atomic E-state index is -0.366. The Morgan fingerprint density at radius 3 is 2.57 bits per heavy atom. The van der Waals surface area contributed by atoms with E-state index < -0.39 is 0 Å². The Bertz CT molecular complexity index is 838. The van der Waals surface area contributed by atoms with Crippen LogP contribution >= 0.6 is 0 Å². The molecule has 0 saturated carbocycles. The summed E-state index contributed by atoms with van der Waals surface area (Å²) in [4.78, 5) is 36.7. The highest BCUT2D eigenvalue weighted by Crippen LogP contribution is 2.27. The molecule has 2 aliphatic heterocycles. The Hall–Kier alpha value is -3.03. The van der Waals surface area contributed by atoms with Crippen LogP contribution in [0.25, 0.3) is 0 Å². The number of hydrogen-bond acceptors (Lipinski definition) is 5. The third kappa shape index (κ3) is 3.95. The molecule has 1 atom stereocenters. The Labute approximate surface area is 162 Å². The van der Waals surface area contributed by atoms with E-state index >= 15 is 0 Å². The topological polar surface area (TPSA) is 75.6 Å². The molecule has 0 aliphatic carbocycles. The second-order valence-electron chi connectivity index (χ2n) is 7.07. The van der Waals surface area contributed by atoms with Crippen molar-refractivity contribution in [1.82, 2.24) is 14.9 Å². The van der Waals surface area contributed by atoms with Crippen molar-refractivity contribution in [2.24, 2.45) is 5.92 Å². The van der Waals surface area contributed by atoms with Crippen LogP contribution < -0.4 is 9.64 Å². The van der Waals surface area contributed by atoms with E-state index in [1.54, 1.807) is 35.6 Å². The molecule has 28 heavy (non-hydrogen) atoms. The maximum atomic E-state index is 13.1. The molecule has 2 aliphatic rings. The summed E-state index contributed by atoms with van der Waals surface area (Å²) in [7, 11) is 0. The first kappa shape index (κ1) is 18.3. The maximum absolute atomic E-state index is 13.1. The zero-order valence-electron chi connectivity index (χ0n) is 15.3. The van der Waals surface area contributed by atoms with Gasteiger partial charge in [-0.1, -0.05) is 0 Å². The molecule has 3 heterocycles. The highest BCUT2D eigenvalue weighted by molar-refractivity contribution is 6.00. The number of piperidine rings is 1. The summed E-state index contributed by atoms with van der Waals surface area (Å²) < 4.78 is 18.9. The average Bonchev–Trinajstić information content (AvgIpc) is 3.11. The van der Waals surface area contributed by atoms with E-state index in [1.807, 2.05) is 4.90 Å². The Morgan fingerprint density at radius 2 is 1.89 bits per heavy atom. The van der Waals surface area contributed by atoms with Crippen LogP contribution in [0.4, 0.5) is 10.1 Å². The molecule has 1 aromatic carbocycles. The molecule has 0 N–H and O–H groups in total. The lowest BCUT2D eigenvalue weighted by Crippen LogP contribution is -2.45. The van der Waals surface area contributed by atoms with Crippen LogP contribution in [0, 0.1) is 11.7 Å². The molecule has 2 fully saturated rings. The van der Waals surface area contributed by atoms with Gasteiger partial charge in [-0.15, -0.1) is 0 Å². The lowest BCUT2D eigenvalue weighted by molar-refractivity contribution is -0.137. The number of likely N-dealkylation sites (tertiary alicyclic amines) is 1. The van der Waals surface area contributed by atoms with Crippen LogP contribution in [-0.2, 0) is 9.59 Å². The van der Waals surface area contributed by atoms with Gasteiger partial charge >= 0.3 is 0 Å². The zero-order chi connectivity index (χ0) is 19.5. The first-order valence-corrected chi connectivity index (χ1v) is 9.37. The Balaban J connectivity index is 1.32. The Kier molecular flexibility index (Phi) is 5.18. The van der Waals surface area contributed by atoms with Crippen LogP contribution in [0.15, 0.2) is 42.9 Å². The number of rotatable bonds is 4. The fraction of sp³-hybridized carbons (Fsp3) is 0.400. The Morgan fingerprint density at radius 1 is 1.14 bits per heavy atom. The summed E-state index contributed by atoms with van der Waals surface area (Å²) in [5.74, 6) is -0.338. The highest BCUT2D eigenvalue weighted by atomic mass is 19.1. The molecule has 2 aromatic rings. The standard InChI is InChI=1S/C20H21FN4O3/c21-15-1-3-16(4-2-15)25-13-14(11-19(25)26)20(27)24-9-5-17(6-10-24)28-18-12-22-7-8-23-18/h1-4,7-8,12,14,17H,5-6,9-11,13H2. The minimum absolute atomic E-state index is 0.00155. The smallest absolute Gasteiger partial charge is 0.232 e. The molecule has 1 unspecified atom stereocenters. The summed E-state index contributed by atoms with van der Waals surface area (Å²) in [6, 6.07) is 5.77. The van der Waals surface area contributed by atoms with Gasteiger partial charge in [-0.25, -0.2) is 9.37 Å². The molecule has 2 amide bonds. The van der Waals surface area contributed by atoms with Crippen LogP contribution in [0.5, 0.6) is 5.88 Å². The average molecular weight is 384 g/mol. The highest BCUT2D eigenvalue weighted by Gasteiger charge is 2.38. The SMILES string of the molecule is O=C(C1CC(=O)N(c2ccc(F)cc2)C1)N1CCC(Oc2cnccn2)CC1. The van der Waals surface area contributed by atoms with Gasteiger partial charge in [0.15, 0.2) is 0 Å². The molecular weight excluding hydrogens is 363 g/mol. The van der Waals surface area contributed by atoms with Gasteiger partial charge < -0.3 is 14.5 Å². The number of nitrogens with zero attached hydrogens (tertiary/aromatic N) is 4. The van der Waals surface area contributed by atoms with Gasteiger partial charge in [-0.2, -0.15) is 0 Å². The molecule has 146 valence electrons. The number of anilines is 1. The zero-order valence-corrected chi connectivity index (χ0v) is 15.3. The van der Waals surface area contributed by atoms with E-state index in [0.29, 0.717) is 44.0 Å². The van der Waals surface area contributed by atoms with Crippen molar-refractivity contribution >= 4 is 17.5 Å². The van der Waals surface area contributed by atoms with E-state index in [-0.39, 0.29) is 36.1 Å². The third-order valence-corrected chi connectivity index (χ3v) is 5.19. The van der Waals surface area contributed by atoms with E-state index in [0.717, 1.165) is 0 Å². The van der Waals surface area contributed by atoms with Crippen LogP contribution in [0.1, 0.15) is 19.3 Å². The largest absolute Gasteiger partial charge is 0.473 e. The number of ether oxygens (including phenoxy) is 1. The number of halogens is 1. The summed E-state index contributed by atoms with van der Waals surface area (Å²) in [5, 5.41) is 0. The molecular formula is C20H21FN4O3. The molecule has 8 heteroatoms. The monoisotopic (exact) mass is 384 g/mol. The van der Waals surface area contributed by atoms with Gasteiger partial charge in [-0.3, -0.25) is 14.6 Å². The van der Waals surface area contributed by atoms with Gasteiger partial charge in [0.05, 0.1) is 12.1 Å². The van der Waals surface area contributed by atoms with Crippen molar-refractivity contribution in [3.63, 3.8) is 0 Å². The number of carbonyl (C=O) groups is 2. The summed E-state index contributed by atoms with van der Waals surface area (Å²) in [6.45, 7) is 1.51. The van der Waals surface area contributed by atoms with E-state index in [1.165, 1.54) is 12.1 Å². The molecule has 4 rings (SSSR count). The van der Waals surface area contributed by atoms with Crippen molar-refractivity contribution in [3.05, 3.63) is 48.7 Å². The van der Waals surface area contributed by atoms with E-state index in [4.69, 9.17) is 4.74 Å². The second-order valence-corrected chi connectivity index (χ2v) is 7.07. The fourth-order valence-corrected chi connectivity index (χ4v) is 3.71. The third-order valence-electron chi connectivity index (χ3n) is 5.19.